The molecule has 3 rings (SSSR count). The van der Waals surface area contributed by atoms with Crippen LogP contribution in [0.1, 0.15) is 64.7 Å². The van der Waals surface area contributed by atoms with Gasteiger partial charge in [-0.15, -0.1) is 12.4 Å². The van der Waals surface area contributed by atoms with Crippen LogP contribution in [0.5, 0.6) is 0 Å². The highest BCUT2D eigenvalue weighted by Crippen LogP contribution is 2.40. The van der Waals surface area contributed by atoms with E-state index in [9.17, 15) is 9.59 Å². The molecule has 3 aliphatic rings. The SMILES string of the molecule is CCNC(=O)NC1(C(=O)NC2C3CCCC2CC(N)C3)CCCC1.Cl. The highest BCUT2D eigenvalue weighted by molar-refractivity contribution is 5.91. The van der Waals surface area contributed by atoms with Crippen LogP contribution in [0.2, 0.25) is 0 Å². The van der Waals surface area contributed by atoms with Gasteiger partial charge >= 0.3 is 6.03 Å². The normalized spacial score (nSPS) is 33.0. The van der Waals surface area contributed by atoms with Crippen molar-refractivity contribution in [2.24, 2.45) is 17.6 Å². The van der Waals surface area contributed by atoms with Gasteiger partial charge in [-0.05, 0) is 57.3 Å². The van der Waals surface area contributed by atoms with Gasteiger partial charge in [0.1, 0.15) is 5.54 Å². The number of halogens is 1. The highest BCUT2D eigenvalue weighted by Gasteiger charge is 2.46. The Morgan fingerprint density at radius 3 is 2.24 bits per heavy atom. The molecule has 3 fully saturated rings. The molecule has 0 heterocycles. The Labute approximate surface area is 156 Å². The van der Waals surface area contributed by atoms with Crippen molar-refractivity contribution in [3.8, 4) is 0 Å². The van der Waals surface area contributed by atoms with Crippen molar-refractivity contribution in [1.82, 2.24) is 16.0 Å². The fourth-order valence-corrected chi connectivity index (χ4v) is 5.12. The summed E-state index contributed by atoms with van der Waals surface area (Å²) in [5, 5.41) is 9.06. The van der Waals surface area contributed by atoms with Crippen molar-refractivity contribution in [2.75, 3.05) is 6.54 Å². The van der Waals surface area contributed by atoms with Gasteiger partial charge in [0.25, 0.3) is 0 Å². The van der Waals surface area contributed by atoms with Crippen LogP contribution in [-0.4, -0.2) is 36.1 Å². The maximum atomic E-state index is 13.1. The van der Waals surface area contributed by atoms with Crippen molar-refractivity contribution < 1.29 is 9.59 Å². The van der Waals surface area contributed by atoms with Crippen molar-refractivity contribution in [1.29, 1.82) is 0 Å². The van der Waals surface area contributed by atoms with Crippen molar-refractivity contribution in [3.63, 3.8) is 0 Å². The molecule has 5 N–H and O–H groups in total. The van der Waals surface area contributed by atoms with Gasteiger partial charge in [-0.25, -0.2) is 4.79 Å². The topological polar surface area (TPSA) is 96.2 Å². The van der Waals surface area contributed by atoms with Gasteiger partial charge in [0.05, 0.1) is 0 Å². The van der Waals surface area contributed by atoms with Gasteiger partial charge in [-0.1, -0.05) is 19.3 Å². The summed E-state index contributed by atoms with van der Waals surface area (Å²) in [5.41, 5.74) is 5.46. The Bertz CT molecular complexity index is 468. The zero-order valence-corrected chi connectivity index (χ0v) is 16.0. The lowest BCUT2D eigenvalue weighted by atomic mass is 9.66. The number of fused-ring (bicyclic) bond motifs is 2. The molecule has 7 heteroatoms. The monoisotopic (exact) mass is 372 g/mol. The van der Waals surface area contributed by atoms with E-state index in [0.717, 1.165) is 51.4 Å². The zero-order chi connectivity index (χ0) is 17.2. The van der Waals surface area contributed by atoms with Crippen molar-refractivity contribution >= 4 is 24.3 Å². The standard InChI is InChI=1S/C18H32N4O2.ClH/c1-2-20-17(24)22-18(8-3-4-9-18)16(23)21-15-12-6-5-7-13(15)11-14(19)10-12;/h12-15H,2-11,19H2,1H3,(H,21,23)(H2,20,22,24);1H. The Hall–Kier alpha value is -1.01. The second-order valence-corrected chi connectivity index (χ2v) is 7.96. The van der Waals surface area contributed by atoms with E-state index in [0.29, 0.717) is 18.4 Å². The third kappa shape index (κ3) is 4.40. The van der Waals surface area contributed by atoms with Crippen LogP contribution in [0, 0.1) is 11.8 Å². The summed E-state index contributed by atoms with van der Waals surface area (Å²) in [6, 6.07) is 0.280. The maximum absolute atomic E-state index is 13.1. The molecule has 2 atom stereocenters. The predicted octanol–water partition coefficient (Wildman–Crippen LogP) is 2.06. The first-order valence-corrected chi connectivity index (χ1v) is 9.66. The first-order valence-electron chi connectivity index (χ1n) is 9.66. The van der Waals surface area contributed by atoms with Gasteiger partial charge in [0.2, 0.25) is 5.91 Å². The first-order chi connectivity index (χ1) is 11.5. The van der Waals surface area contributed by atoms with E-state index in [1.807, 2.05) is 6.92 Å². The fourth-order valence-electron chi connectivity index (χ4n) is 5.12. The van der Waals surface area contributed by atoms with Gasteiger partial charge in [0, 0.05) is 18.6 Å². The third-order valence-electron chi connectivity index (χ3n) is 6.26. The largest absolute Gasteiger partial charge is 0.351 e. The Morgan fingerprint density at radius 2 is 1.68 bits per heavy atom. The summed E-state index contributed by atoms with van der Waals surface area (Å²) in [6.45, 7) is 2.45. The molecule has 0 aromatic rings. The maximum Gasteiger partial charge on any atom is 0.315 e. The minimum absolute atomic E-state index is 0. The second kappa shape index (κ2) is 8.58. The zero-order valence-electron chi connectivity index (χ0n) is 15.2. The second-order valence-electron chi connectivity index (χ2n) is 7.96. The summed E-state index contributed by atoms with van der Waals surface area (Å²) in [6.07, 6.45) is 9.03. The van der Waals surface area contributed by atoms with Crippen LogP contribution in [0.4, 0.5) is 4.79 Å². The molecule has 3 amide bonds. The molecule has 0 radical (unpaired) electrons. The van der Waals surface area contributed by atoms with Crippen molar-refractivity contribution in [2.45, 2.75) is 82.3 Å². The summed E-state index contributed by atoms with van der Waals surface area (Å²) in [5.74, 6) is 1.02. The molecular weight excluding hydrogens is 340 g/mol. The molecule has 6 nitrogen and oxygen atoms in total. The highest BCUT2D eigenvalue weighted by atomic mass is 35.5. The number of rotatable bonds is 4. The summed E-state index contributed by atoms with van der Waals surface area (Å²) in [4.78, 5) is 25.1. The molecule has 3 saturated carbocycles. The average molecular weight is 373 g/mol. The van der Waals surface area contributed by atoms with Crippen LogP contribution in [0.15, 0.2) is 0 Å². The van der Waals surface area contributed by atoms with E-state index in [2.05, 4.69) is 16.0 Å². The van der Waals surface area contributed by atoms with E-state index in [1.165, 1.54) is 6.42 Å². The molecule has 0 aliphatic heterocycles. The molecule has 25 heavy (non-hydrogen) atoms. The molecule has 0 aromatic heterocycles. The molecular formula is C18H33ClN4O2. The van der Waals surface area contributed by atoms with Crippen molar-refractivity contribution in [3.05, 3.63) is 0 Å². The lowest BCUT2D eigenvalue weighted by molar-refractivity contribution is -0.129. The average Bonchev–Trinajstić information content (AvgIpc) is 2.98. The number of urea groups is 1. The van der Waals surface area contributed by atoms with Crippen LogP contribution in [0.3, 0.4) is 0 Å². The number of carbonyl (C=O) groups excluding carboxylic acids is 2. The molecule has 0 aromatic carbocycles. The van der Waals surface area contributed by atoms with Gasteiger partial charge in [-0.2, -0.15) is 0 Å². The molecule has 2 bridgehead atoms. The quantitative estimate of drug-likeness (QED) is 0.608. The van der Waals surface area contributed by atoms with Gasteiger partial charge in [-0.3, -0.25) is 4.79 Å². The van der Waals surface area contributed by atoms with Gasteiger partial charge in [0.15, 0.2) is 0 Å². The number of hydrogen-bond acceptors (Lipinski definition) is 3. The van der Waals surface area contributed by atoms with Gasteiger partial charge < -0.3 is 21.7 Å². The smallest absolute Gasteiger partial charge is 0.315 e. The molecule has 0 saturated heterocycles. The van der Waals surface area contributed by atoms with Crippen LogP contribution in [-0.2, 0) is 4.79 Å². The third-order valence-corrected chi connectivity index (χ3v) is 6.26. The lowest BCUT2D eigenvalue weighted by Gasteiger charge is -2.46. The van der Waals surface area contributed by atoms with E-state index in [-0.39, 0.29) is 36.4 Å². The molecule has 144 valence electrons. The summed E-state index contributed by atoms with van der Waals surface area (Å²) in [7, 11) is 0. The van der Waals surface area contributed by atoms with E-state index >= 15 is 0 Å². The number of amides is 3. The molecule has 2 unspecified atom stereocenters. The van der Waals surface area contributed by atoms with E-state index in [4.69, 9.17) is 5.73 Å². The molecule has 3 aliphatic carbocycles. The Balaban J connectivity index is 0.00000225. The predicted molar refractivity (Wildman–Crippen MR) is 101 cm³/mol. The molecule has 0 spiro atoms. The van der Waals surface area contributed by atoms with Crippen LogP contribution in [0.25, 0.3) is 0 Å². The van der Waals surface area contributed by atoms with Crippen LogP contribution >= 0.6 is 12.4 Å². The first kappa shape index (κ1) is 20.3. The van der Waals surface area contributed by atoms with E-state index in [1.54, 1.807) is 0 Å². The Morgan fingerprint density at radius 1 is 1.08 bits per heavy atom. The van der Waals surface area contributed by atoms with E-state index < -0.39 is 5.54 Å². The minimum atomic E-state index is -0.729. The number of nitrogens with one attached hydrogen (secondary N) is 3. The van der Waals surface area contributed by atoms with Crippen LogP contribution < -0.4 is 21.7 Å². The Kier molecular flexibility index (Phi) is 6.97. The number of carbonyl (C=O) groups is 2. The summed E-state index contributed by atoms with van der Waals surface area (Å²) < 4.78 is 0. The summed E-state index contributed by atoms with van der Waals surface area (Å²) >= 11 is 0. The number of hydrogen-bond donors (Lipinski definition) is 4. The fraction of sp³-hybridized carbons (Fsp3) is 0.889. The minimum Gasteiger partial charge on any atom is -0.351 e. The number of nitrogens with two attached hydrogens (primary N) is 1. The lowest BCUT2D eigenvalue weighted by Crippen LogP contribution is -2.63.